The highest BCUT2D eigenvalue weighted by Crippen LogP contribution is 2.32. The molecule has 1 aliphatic heterocycles. The number of rotatable bonds is 2. The summed E-state index contributed by atoms with van der Waals surface area (Å²) in [5, 5.41) is 14.2. The van der Waals surface area contributed by atoms with Crippen molar-refractivity contribution in [2.75, 3.05) is 6.54 Å². The van der Waals surface area contributed by atoms with Crippen LogP contribution in [0.2, 0.25) is 0 Å². The highest BCUT2D eigenvalue weighted by atomic mass is 32.2. The van der Waals surface area contributed by atoms with Gasteiger partial charge in [-0.1, -0.05) is 0 Å². The summed E-state index contributed by atoms with van der Waals surface area (Å²) >= 11 is 0. The summed E-state index contributed by atoms with van der Waals surface area (Å²) in [6.45, 7) is 4.98. The van der Waals surface area contributed by atoms with Crippen LogP contribution < -0.4 is 5.14 Å². The lowest BCUT2D eigenvalue weighted by Gasteiger charge is -2.31. The summed E-state index contributed by atoms with van der Waals surface area (Å²) in [5.74, 6) is -0.871. The van der Waals surface area contributed by atoms with E-state index in [1.165, 1.54) is 0 Å². The second-order valence-electron chi connectivity index (χ2n) is 5.19. The number of carbonyl (C=O) groups excluding carboxylic acids is 1. The molecule has 0 aliphatic carbocycles. The summed E-state index contributed by atoms with van der Waals surface area (Å²) in [6.07, 6.45) is 0.484. The molecule has 1 atom stereocenters. The maximum atomic E-state index is 12.1. The molecule has 0 aromatic heterocycles. The first-order valence-corrected chi connectivity index (χ1v) is 6.98. The number of esters is 1. The van der Waals surface area contributed by atoms with Crippen molar-refractivity contribution >= 4 is 16.2 Å². The van der Waals surface area contributed by atoms with Crippen molar-refractivity contribution in [2.24, 2.45) is 5.14 Å². The van der Waals surface area contributed by atoms with E-state index in [1.54, 1.807) is 26.8 Å². The molecular weight excluding hydrogens is 258 g/mol. The Hall–Kier alpha value is -1.17. The van der Waals surface area contributed by atoms with E-state index in [0.29, 0.717) is 10.7 Å². The molecule has 2 N–H and O–H groups in total. The van der Waals surface area contributed by atoms with E-state index >= 15 is 0 Å². The number of nitrogens with zero attached hydrogens (tertiary/aromatic N) is 2. The fourth-order valence-electron chi connectivity index (χ4n) is 1.86. The first kappa shape index (κ1) is 14.9. The smallest absolute Gasteiger partial charge is 0.343 e. The molecule has 102 valence electrons. The van der Waals surface area contributed by atoms with Gasteiger partial charge in [0.15, 0.2) is 0 Å². The van der Waals surface area contributed by atoms with Gasteiger partial charge < -0.3 is 4.74 Å². The molecule has 0 spiro atoms. The molecule has 8 heteroatoms. The van der Waals surface area contributed by atoms with Gasteiger partial charge in [0.2, 0.25) is 5.54 Å². The fraction of sp³-hybridized carbons (Fsp3) is 0.800. The molecule has 0 saturated carbocycles. The van der Waals surface area contributed by atoms with E-state index in [2.05, 4.69) is 0 Å². The molecule has 0 aromatic carbocycles. The summed E-state index contributed by atoms with van der Waals surface area (Å²) in [7, 11) is -4.11. The Morgan fingerprint density at radius 1 is 1.50 bits per heavy atom. The Bertz CT molecular complexity index is 488. The van der Waals surface area contributed by atoms with Crippen LogP contribution in [0.4, 0.5) is 0 Å². The normalized spacial score (nSPS) is 25.7. The van der Waals surface area contributed by atoms with Crippen LogP contribution in [0.3, 0.4) is 0 Å². The Balaban J connectivity index is 3.14. The van der Waals surface area contributed by atoms with E-state index in [9.17, 15) is 18.5 Å². The molecule has 7 nitrogen and oxygen atoms in total. The predicted octanol–water partition coefficient (Wildman–Crippen LogP) is -0.110. The molecule has 0 bridgehead atoms. The van der Waals surface area contributed by atoms with Crippen molar-refractivity contribution in [3.8, 4) is 6.07 Å². The van der Waals surface area contributed by atoms with Gasteiger partial charge in [-0.05, 0) is 33.6 Å². The van der Waals surface area contributed by atoms with Gasteiger partial charge in [0, 0.05) is 6.54 Å². The maximum absolute atomic E-state index is 12.1. The Kier molecular flexibility index (Phi) is 3.72. The number of nitrogens with two attached hydrogens (primary N) is 1. The fourth-order valence-corrected chi connectivity index (χ4v) is 2.89. The number of ether oxygens (including phenoxy) is 1. The quantitative estimate of drug-likeness (QED) is 0.706. The van der Waals surface area contributed by atoms with E-state index in [4.69, 9.17) is 9.88 Å². The molecule has 1 aliphatic rings. The zero-order valence-electron chi connectivity index (χ0n) is 10.6. The number of nitriles is 1. The zero-order chi connectivity index (χ0) is 14.2. The first-order valence-electron chi connectivity index (χ1n) is 5.48. The van der Waals surface area contributed by atoms with Crippen molar-refractivity contribution in [3.63, 3.8) is 0 Å². The predicted molar refractivity (Wildman–Crippen MR) is 63.2 cm³/mol. The standard InChI is InChI=1S/C10H17N3O4S/c1-9(2,3)17-8(14)10(7-11)5-4-6-13(10)18(12,15)16/h4-6H2,1-3H3,(H2,12,15,16)/t10-/m0/s1. The highest BCUT2D eigenvalue weighted by molar-refractivity contribution is 7.86. The molecule has 18 heavy (non-hydrogen) atoms. The van der Waals surface area contributed by atoms with Gasteiger partial charge in [0.1, 0.15) is 5.60 Å². The maximum Gasteiger partial charge on any atom is 0.343 e. The van der Waals surface area contributed by atoms with Gasteiger partial charge >= 0.3 is 5.97 Å². The lowest BCUT2D eigenvalue weighted by molar-refractivity contribution is -0.162. The van der Waals surface area contributed by atoms with Crippen LogP contribution >= 0.6 is 0 Å². The molecule has 0 amide bonds. The van der Waals surface area contributed by atoms with Crippen LogP contribution in [0, 0.1) is 11.3 Å². The Morgan fingerprint density at radius 3 is 2.44 bits per heavy atom. The largest absolute Gasteiger partial charge is 0.458 e. The third kappa shape index (κ3) is 2.80. The Labute approximate surface area is 107 Å². The number of hydrogen-bond acceptors (Lipinski definition) is 5. The zero-order valence-corrected chi connectivity index (χ0v) is 11.5. The summed E-state index contributed by atoms with van der Waals surface area (Å²) in [6, 6.07) is 1.75. The molecule has 0 aromatic rings. The van der Waals surface area contributed by atoms with Crippen molar-refractivity contribution in [2.45, 2.75) is 44.8 Å². The molecule has 0 radical (unpaired) electrons. The minimum Gasteiger partial charge on any atom is -0.458 e. The summed E-state index contributed by atoms with van der Waals surface area (Å²) in [5.41, 5.74) is -2.63. The highest BCUT2D eigenvalue weighted by Gasteiger charge is 2.54. The third-order valence-electron chi connectivity index (χ3n) is 2.55. The van der Waals surface area contributed by atoms with Crippen molar-refractivity contribution in [1.82, 2.24) is 4.31 Å². The van der Waals surface area contributed by atoms with Gasteiger partial charge in [-0.3, -0.25) is 0 Å². The summed E-state index contributed by atoms with van der Waals surface area (Å²) in [4.78, 5) is 12.1. The van der Waals surface area contributed by atoms with Gasteiger partial charge in [0.25, 0.3) is 10.2 Å². The molecule has 1 heterocycles. The van der Waals surface area contributed by atoms with Crippen molar-refractivity contribution in [3.05, 3.63) is 0 Å². The molecule has 0 unspecified atom stereocenters. The van der Waals surface area contributed by atoms with Gasteiger partial charge in [-0.15, -0.1) is 0 Å². The lowest BCUT2D eigenvalue weighted by Crippen LogP contribution is -2.55. The van der Waals surface area contributed by atoms with Gasteiger partial charge in [-0.2, -0.15) is 18.0 Å². The Morgan fingerprint density at radius 2 is 2.06 bits per heavy atom. The lowest BCUT2D eigenvalue weighted by atomic mass is 9.99. The molecule has 1 rings (SSSR count). The van der Waals surface area contributed by atoms with Crippen molar-refractivity contribution < 1.29 is 17.9 Å². The second-order valence-corrected chi connectivity index (χ2v) is 6.67. The van der Waals surface area contributed by atoms with Crippen LogP contribution in [0.1, 0.15) is 33.6 Å². The van der Waals surface area contributed by atoms with E-state index in [-0.39, 0.29) is 13.0 Å². The van der Waals surface area contributed by atoms with E-state index in [0.717, 1.165) is 0 Å². The van der Waals surface area contributed by atoms with E-state index < -0.39 is 27.3 Å². The van der Waals surface area contributed by atoms with Crippen LogP contribution in [0.15, 0.2) is 0 Å². The van der Waals surface area contributed by atoms with Crippen LogP contribution in [0.25, 0.3) is 0 Å². The van der Waals surface area contributed by atoms with Crippen LogP contribution in [0.5, 0.6) is 0 Å². The average Bonchev–Trinajstić information content (AvgIpc) is 2.58. The topological polar surface area (TPSA) is 113 Å². The third-order valence-corrected chi connectivity index (χ3v) is 3.66. The molecule has 1 saturated heterocycles. The van der Waals surface area contributed by atoms with Gasteiger partial charge in [-0.25, -0.2) is 9.93 Å². The first-order chi connectivity index (χ1) is 8.03. The second kappa shape index (κ2) is 4.50. The van der Waals surface area contributed by atoms with Crippen LogP contribution in [-0.4, -0.2) is 36.4 Å². The monoisotopic (exact) mass is 275 g/mol. The number of hydrogen-bond donors (Lipinski definition) is 1. The summed E-state index contributed by atoms with van der Waals surface area (Å²) < 4.78 is 28.7. The van der Waals surface area contributed by atoms with Gasteiger partial charge in [0.05, 0.1) is 6.07 Å². The van der Waals surface area contributed by atoms with Crippen molar-refractivity contribution in [1.29, 1.82) is 5.26 Å². The van der Waals surface area contributed by atoms with E-state index in [1.807, 2.05) is 0 Å². The minimum atomic E-state index is -4.11. The molecular formula is C10H17N3O4S. The molecule has 1 fully saturated rings. The van der Waals surface area contributed by atoms with Crippen LogP contribution in [-0.2, 0) is 19.7 Å². The SMILES string of the molecule is CC(C)(C)OC(=O)[C@@]1(C#N)CCCN1S(N)(=O)=O. The minimum absolute atomic E-state index is 0.0473. The average molecular weight is 275 g/mol. The number of carbonyl (C=O) groups is 1.